The summed E-state index contributed by atoms with van der Waals surface area (Å²) >= 11 is 0. The van der Waals surface area contributed by atoms with E-state index in [-0.39, 0.29) is 17.9 Å². The lowest BCUT2D eigenvalue weighted by molar-refractivity contribution is 0.0342. The normalized spacial score (nSPS) is 15.8. The number of nitrogens with one attached hydrogen (secondary N) is 2. The molecule has 0 radical (unpaired) electrons. The van der Waals surface area contributed by atoms with Crippen LogP contribution >= 0.6 is 0 Å². The molecule has 0 unspecified atom stereocenters. The molecule has 3 aromatic rings. The van der Waals surface area contributed by atoms with Gasteiger partial charge in [-0.3, -0.25) is 14.5 Å². The van der Waals surface area contributed by atoms with Gasteiger partial charge in [0.15, 0.2) is 0 Å². The zero-order valence-electron chi connectivity index (χ0n) is 21.1. The van der Waals surface area contributed by atoms with E-state index >= 15 is 0 Å². The van der Waals surface area contributed by atoms with Crippen LogP contribution in [0, 0.1) is 12.7 Å². The van der Waals surface area contributed by atoms with Crippen molar-refractivity contribution in [3.05, 3.63) is 94.3 Å². The minimum absolute atomic E-state index is 0.175. The number of morpholine rings is 1. The van der Waals surface area contributed by atoms with Crippen LogP contribution < -0.4 is 10.6 Å². The van der Waals surface area contributed by atoms with Gasteiger partial charge in [0, 0.05) is 43.3 Å². The van der Waals surface area contributed by atoms with Gasteiger partial charge in [-0.05, 0) is 71.8 Å². The van der Waals surface area contributed by atoms with Gasteiger partial charge in [-0.25, -0.2) is 4.39 Å². The molecule has 37 heavy (non-hydrogen) atoms. The van der Waals surface area contributed by atoms with Crippen molar-refractivity contribution in [3.63, 3.8) is 0 Å². The summed E-state index contributed by atoms with van der Waals surface area (Å²) in [6.45, 7) is 6.40. The summed E-state index contributed by atoms with van der Waals surface area (Å²) in [4.78, 5) is 27.6. The van der Waals surface area contributed by atoms with Crippen molar-refractivity contribution in [1.29, 1.82) is 0 Å². The Kier molecular flexibility index (Phi) is 7.63. The van der Waals surface area contributed by atoms with E-state index in [2.05, 4.69) is 27.7 Å². The third kappa shape index (κ3) is 6.42. The van der Waals surface area contributed by atoms with Crippen LogP contribution in [0.15, 0.2) is 60.7 Å². The number of hydrogen-bond acceptors (Lipinski definition) is 4. The van der Waals surface area contributed by atoms with Crippen molar-refractivity contribution in [3.8, 4) is 11.1 Å². The molecule has 2 amide bonds. The molecule has 0 bridgehead atoms. The highest BCUT2D eigenvalue weighted by molar-refractivity contribution is 5.97. The van der Waals surface area contributed by atoms with Crippen LogP contribution in [0.2, 0.25) is 0 Å². The fourth-order valence-electron chi connectivity index (χ4n) is 4.55. The number of rotatable bonds is 8. The summed E-state index contributed by atoms with van der Waals surface area (Å²) < 4.78 is 20.0. The molecule has 2 aliphatic rings. The van der Waals surface area contributed by atoms with Gasteiger partial charge >= 0.3 is 0 Å². The Morgan fingerprint density at radius 3 is 2.41 bits per heavy atom. The van der Waals surface area contributed by atoms with E-state index in [4.69, 9.17) is 4.74 Å². The van der Waals surface area contributed by atoms with Crippen LogP contribution in [0.4, 0.5) is 4.39 Å². The summed E-state index contributed by atoms with van der Waals surface area (Å²) in [5, 5.41) is 5.89. The molecular formula is C30H32FN3O3. The third-order valence-corrected chi connectivity index (χ3v) is 6.93. The summed E-state index contributed by atoms with van der Waals surface area (Å²) in [5.41, 5.74) is 4.96. The summed E-state index contributed by atoms with van der Waals surface area (Å²) in [7, 11) is 0. The Balaban J connectivity index is 1.22. The van der Waals surface area contributed by atoms with Gasteiger partial charge < -0.3 is 15.4 Å². The van der Waals surface area contributed by atoms with E-state index in [0.717, 1.165) is 56.8 Å². The van der Waals surface area contributed by atoms with Crippen LogP contribution in [0.25, 0.3) is 11.1 Å². The van der Waals surface area contributed by atoms with E-state index in [1.807, 2.05) is 12.1 Å². The molecule has 0 aromatic heterocycles. The highest BCUT2D eigenvalue weighted by Gasteiger charge is 2.24. The molecular weight excluding hydrogens is 469 g/mol. The smallest absolute Gasteiger partial charge is 0.251 e. The maximum absolute atomic E-state index is 14.6. The van der Waals surface area contributed by atoms with Crippen molar-refractivity contribution in [2.24, 2.45) is 0 Å². The number of amides is 2. The number of nitrogens with zero attached hydrogens (tertiary/aromatic N) is 1. The first-order chi connectivity index (χ1) is 18.0. The lowest BCUT2D eigenvalue weighted by atomic mass is 9.96. The van der Waals surface area contributed by atoms with E-state index in [1.54, 1.807) is 37.3 Å². The maximum atomic E-state index is 14.6. The van der Waals surface area contributed by atoms with E-state index in [9.17, 15) is 14.0 Å². The fourth-order valence-corrected chi connectivity index (χ4v) is 4.55. The minimum Gasteiger partial charge on any atom is -0.379 e. The number of hydrogen-bond donors (Lipinski definition) is 2. The second kappa shape index (κ2) is 11.2. The molecule has 6 nitrogen and oxygen atoms in total. The molecule has 0 spiro atoms. The first-order valence-electron chi connectivity index (χ1n) is 12.8. The monoisotopic (exact) mass is 501 g/mol. The predicted molar refractivity (Wildman–Crippen MR) is 141 cm³/mol. The van der Waals surface area contributed by atoms with Crippen molar-refractivity contribution in [1.82, 2.24) is 15.5 Å². The van der Waals surface area contributed by atoms with Gasteiger partial charge in [-0.2, -0.15) is 0 Å². The SMILES string of the molecule is Cc1c(F)cc(C(=O)NC2CC2)cc1-c1ccc(C(=O)NCc2cccc(CN3CCOCC3)c2)cc1. The molecule has 1 aliphatic carbocycles. The molecule has 1 saturated heterocycles. The van der Waals surface area contributed by atoms with Gasteiger partial charge in [0.1, 0.15) is 5.82 Å². The number of carbonyl (C=O) groups excluding carboxylic acids is 2. The standard InChI is InChI=1S/C30H32FN3O3/c1-20-27(16-25(17-28(20)31)30(36)33-26-9-10-26)23-5-7-24(8-6-23)29(35)32-18-21-3-2-4-22(15-21)19-34-11-13-37-14-12-34/h2-8,15-17,26H,9-14,18-19H2,1H3,(H,32,35)(H,33,36). The zero-order chi connectivity index (χ0) is 25.8. The van der Waals surface area contributed by atoms with Crippen LogP contribution in [-0.2, 0) is 17.8 Å². The Hall–Kier alpha value is -3.55. The Morgan fingerprint density at radius 2 is 1.68 bits per heavy atom. The lowest BCUT2D eigenvalue weighted by Gasteiger charge is -2.26. The molecule has 1 aliphatic heterocycles. The highest BCUT2D eigenvalue weighted by atomic mass is 19.1. The largest absolute Gasteiger partial charge is 0.379 e. The van der Waals surface area contributed by atoms with Crippen LogP contribution in [-0.4, -0.2) is 49.1 Å². The lowest BCUT2D eigenvalue weighted by Crippen LogP contribution is -2.35. The Bertz CT molecular complexity index is 1280. The van der Waals surface area contributed by atoms with E-state index in [1.165, 1.54) is 11.6 Å². The molecule has 2 fully saturated rings. The van der Waals surface area contributed by atoms with Gasteiger partial charge in [0.25, 0.3) is 11.8 Å². The molecule has 192 valence electrons. The quantitative estimate of drug-likeness (QED) is 0.478. The minimum atomic E-state index is -0.420. The molecule has 1 saturated carbocycles. The summed E-state index contributed by atoms with van der Waals surface area (Å²) in [6.07, 6.45) is 1.94. The molecule has 7 heteroatoms. The summed E-state index contributed by atoms with van der Waals surface area (Å²) in [6, 6.07) is 18.5. The molecule has 5 rings (SSSR count). The fraction of sp³-hybridized carbons (Fsp3) is 0.333. The Morgan fingerprint density at radius 1 is 0.946 bits per heavy atom. The highest BCUT2D eigenvalue weighted by Crippen LogP contribution is 2.28. The van der Waals surface area contributed by atoms with Crippen LogP contribution in [0.5, 0.6) is 0 Å². The van der Waals surface area contributed by atoms with Crippen LogP contribution in [0.3, 0.4) is 0 Å². The molecule has 2 N–H and O–H groups in total. The first-order valence-corrected chi connectivity index (χ1v) is 12.8. The predicted octanol–water partition coefficient (Wildman–Crippen LogP) is 4.46. The summed E-state index contributed by atoms with van der Waals surface area (Å²) in [5.74, 6) is -0.852. The molecule has 3 aromatic carbocycles. The number of benzene rings is 3. The van der Waals surface area contributed by atoms with Crippen molar-refractivity contribution in [2.75, 3.05) is 26.3 Å². The maximum Gasteiger partial charge on any atom is 0.251 e. The third-order valence-electron chi connectivity index (χ3n) is 6.93. The Labute approximate surface area is 216 Å². The van der Waals surface area contributed by atoms with E-state index in [0.29, 0.717) is 28.8 Å². The second-order valence-electron chi connectivity index (χ2n) is 9.85. The topological polar surface area (TPSA) is 70.7 Å². The number of ether oxygens (including phenoxy) is 1. The second-order valence-corrected chi connectivity index (χ2v) is 9.85. The van der Waals surface area contributed by atoms with Crippen LogP contribution in [0.1, 0.15) is 50.2 Å². The number of halogens is 1. The average molecular weight is 502 g/mol. The van der Waals surface area contributed by atoms with Crippen molar-refractivity contribution >= 4 is 11.8 Å². The van der Waals surface area contributed by atoms with Crippen molar-refractivity contribution < 1.29 is 18.7 Å². The van der Waals surface area contributed by atoms with Gasteiger partial charge in [-0.15, -0.1) is 0 Å². The first kappa shape index (κ1) is 25.1. The van der Waals surface area contributed by atoms with Gasteiger partial charge in [0.05, 0.1) is 13.2 Å². The van der Waals surface area contributed by atoms with Gasteiger partial charge in [0.2, 0.25) is 0 Å². The number of carbonyl (C=O) groups is 2. The molecule has 0 atom stereocenters. The van der Waals surface area contributed by atoms with Gasteiger partial charge in [-0.1, -0.05) is 36.4 Å². The van der Waals surface area contributed by atoms with E-state index < -0.39 is 5.82 Å². The molecule has 1 heterocycles. The van der Waals surface area contributed by atoms with Crippen molar-refractivity contribution in [2.45, 2.75) is 38.9 Å². The average Bonchev–Trinajstić information content (AvgIpc) is 3.74. The zero-order valence-corrected chi connectivity index (χ0v) is 21.1.